The van der Waals surface area contributed by atoms with Crippen molar-refractivity contribution in [3.63, 3.8) is 0 Å². The quantitative estimate of drug-likeness (QED) is 0.516. The number of hydrogen-bond acceptors (Lipinski definition) is 3. The number of hydrogen-bond donors (Lipinski definition) is 3. The van der Waals surface area contributed by atoms with Crippen LogP contribution in [0.15, 0.2) is 66.5 Å². The number of fused-ring (bicyclic) bond motifs is 1. The fraction of sp³-hybridized carbons (Fsp3) is 0.280. The smallest absolute Gasteiger partial charge is 0.267 e. The summed E-state index contributed by atoms with van der Waals surface area (Å²) in [7, 11) is 0. The number of nitrogens with one attached hydrogen (secondary N) is 3. The Hall–Kier alpha value is -3.38. The van der Waals surface area contributed by atoms with Gasteiger partial charge in [-0.25, -0.2) is 0 Å². The summed E-state index contributed by atoms with van der Waals surface area (Å²) in [6, 6.07) is 16.8. The molecule has 3 aromatic rings. The molecule has 3 N–H and O–H groups in total. The molecule has 1 aliphatic heterocycles. The Kier molecular flexibility index (Phi) is 6.79. The Labute approximate surface area is 182 Å². The fourth-order valence-electron chi connectivity index (χ4n) is 3.92. The first-order valence-corrected chi connectivity index (χ1v) is 10.9. The number of carbonyl (C=O) groups excluding carboxylic acids is 2. The number of likely N-dealkylation sites (tertiary alicyclic amines) is 1. The van der Waals surface area contributed by atoms with E-state index in [4.69, 9.17) is 0 Å². The van der Waals surface area contributed by atoms with Gasteiger partial charge in [0.05, 0.1) is 0 Å². The zero-order chi connectivity index (χ0) is 21.5. The molecule has 0 atom stereocenters. The van der Waals surface area contributed by atoms with Crippen LogP contribution in [0.5, 0.6) is 0 Å². The maximum Gasteiger partial charge on any atom is 0.267 e. The van der Waals surface area contributed by atoms with Gasteiger partial charge in [-0.3, -0.25) is 9.59 Å². The molecule has 0 unspecified atom stereocenters. The summed E-state index contributed by atoms with van der Waals surface area (Å²) < 4.78 is 0. The van der Waals surface area contributed by atoms with Gasteiger partial charge in [0.15, 0.2) is 0 Å². The number of amides is 2. The highest BCUT2D eigenvalue weighted by atomic mass is 16.2. The maximum atomic E-state index is 13.0. The third-order valence-corrected chi connectivity index (χ3v) is 5.61. The summed E-state index contributed by atoms with van der Waals surface area (Å²) in [5, 5.41) is 6.78. The summed E-state index contributed by atoms with van der Waals surface area (Å²) in [6.45, 7) is 3.53. The van der Waals surface area contributed by atoms with Crippen molar-refractivity contribution in [3.8, 4) is 0 Å². The second kappa shape index (κ2) is 10.1. The van der Waals surface area contributed by atoms with Crippen molar-refractivity contribution >= 4 is 28.8 Å². The molecule has 2 aromatic carbocycles. The lowest BCUT2D eigenvalue weighted by Crippen LogP contribution is -2.40. The lowest BCUT2D eigenvalue weighted by molar-refractivity contribution is -0.117. The molecule has 0 radical (unpaired) electrons. The average Bonchev–Trinajstić information content (AvgIpc) is 3.22. The highest BCUT2D eigenvalue weighted by molar-refractivity contribution is 6.06. The molecule has 6 heteroatoms. The number of rotatable bonds is 7. The standard InChI is InChI=1S/C25H28N4O2/c30-24(19-9-3-1-4-10-19)28-23(17-20-18-27-22-12-6-5-11-21(20)22)25(31)26-13-16-29-14-7-2-8-15-29/h1,3-6,9-12,17-18,27H,2,7-8,13-16H2,(H,26,31)(H,28,30). The zero-order valence-electron chi connectivity index (χ0n) is 17.6. The molecule has 1 fully saturated rings. The van der Waals surface area contributed by atoms with E-state index in [2.05, 4.69) is 20.5 Å². The van der Waals surface area contributed by atoms with Gasteiger partial charge in [0, 0.05) is 41.3 Å². The summed E-state index contributed by atoms with van der Waals surface area (Å²) in [4.78, 5) is 31.3. The molecule has 6 nitrogen and oxygen atoms in total. The van der Waals surface area contributed by atoms with Crippen LogP contribution in [0.2, 0.25) is 0 Å². The molecule has 2 amide bonds. The van der Waals surface area contributed by atoms with Crippen LogP contribution in [0.1, 0.15) is 35.2 Å². The molecule has 1 aromatic heterocycles. The van der Waals surface area contributed by atoms with Crippen molar-refractivity contribution in [3.05, 3.63) is 77.6 Å². The lowest BCUT2D eigenvalue weighted by atomic mass is 10.1. The van der Waals surface area contributed by atoms with E-state index in [1.807, 2.05) is 36.5 Å². The van der Waals surface area contributed by atoms with Crippen LogP contribution in [-0.4, -0.2) is 47.9 Å². The Bertz CT molecular complexity index is 1070. The van der Waals surface area contributed by atoms with Gasteiger partial charge in [-0.1, -0.05) is 42.8 Å². The highest BCUT2D eigenvalue weighted by Crippen LogP contribution is 2.20. The van der Waals surface area contributed by atoms with Crippen LogP contribution in [0.25, 0.3) is 17.0 Å². The van der Waals surface area contributed by atoms with E-state index in [9.17, 15) is 9.59 Å². The topological polar surface area (TPSA) is 77.2 Å². The van der Waals surface area contributed by atoms with Crippen molar-refractivity contribution < 1.29 is 9.59 Å². The Balaban J connectivity index is 1.51. The lowest BCUT2D eigenvalue weighted by Gasteiger charge is -2.26. The minimum atomic E-state index is -0.308. The van der Waals surface area contributed by atoms with E-state index in [-0.39, 0.29) is 17.5 Å². The molecule has 31 heavy (non-hydrogen) atoms. The molecule has 4 rings (SSSR count). The monoisotopic (exact) mass is 416 g/mol. The largest absolute Gasteiger partial charge is 0.361 e. The van der Waals surface area contributed by atoms with E-state index in [1.54, 1.807) is 30.3 Å². The number of para-hydroxylation sites is 1. The predicted molar refractivity (Wildman–Crippen MR) is 123 cm³/mol. The SMILES string of the molecule is O=C(NCCN1CCCCC1)C(=Cc1c[nH]c2ccccc12)NC(=O)c1ccccc1. The van der Waals surface area contributed by atoms with E-state index < -0.39 is 0 Å². The number of aromatic amines is 1. The van der Waals surface area contributed by atoms with Crippen LogP contribution in [0, 0.1) is 0 Å². The average molecular weight is 417 g/mol. The molecule has 0 saturated carbocycles. The Morgan fingerprint density at radius 1 is 0.968 bits per heavy atom. The number of benzene rings is 2. The van der Waals surface area contributed by atoms with E-state index in [1.165, 1.54) is 19.3 Å². The van der Waals surface area contributed by atoms with Crippen molar-refractivity contribution in [2.24, 2.45) is 0 Å². The number of piperidine rings is 1. The molecule has 0 aliphatic carbocycles. The molecule has 1 aliphatic rings. The van der Waals surface area contributed by atoms with Gasteiger partial charge >= 0.3 is 0 Å². The van der Waals surface area contributed by atoms with Crippen molar-refractivity contribution in [2.75, 3.05) is 26.2 Å². The van der Waals surface area contributed by atoms with Gasteiger partial charge in [-0.15, -0.1) is 0 Å². The maximum absolute atomic E-state index is 13.0. The van der Waals surface area contributed by atoms with Crippen LogP contribution >= 0.6 is 0 Å². The number of aromatic nitrogens is 1. The summed E-state index contributed by atoms with van der Waals surface area (Å²) in [5.74, 6) is -0.593. The van der Waals surface area contributed by atoms with E-state index >= 15 is 0 Å². The van der Waals surface area contributed by atoms with Crippen molar-refractivity contribution in [2.45, 2.75) is 19.3 Å². The van der Waals surface area contributed by atoms with Crippen LogP contribution in [0.4, 0.5) is 0 Å². The first-order chi connectivity index (χ1) is 15.2. The van der Waals surface area contributed by atoms with Crippen molar-refractivity contribution in [1.82, 2.24) is 20.5 Å². The van der Waals surface area contributed by atoms with E-state index in [0.29, 0.717) is 12.1 Å². The molecular weight excluding hydrogens is 388 g/mol. The summed E-state index contributed by atoms with van der Waals surface area (Å²) >= 11 is 0. The van der Waals surface area contributed by atoms with E-state index in [0.717, 1.165) is 36.1 Å². The third kappa shape index (κ3) is 5.41. The van der Waals surface area contributed by atoms with Crippen LogP contribution in [0.3, 0.4) is 0 Å². The van der Waals surface area contributed by atoms with Gasteiger partial charge in [0.25, 0.3) is 11.8 Å². The summed E-state index contributed by atoms with van der Waals surface area (Å²) in [6.07, 6.45) is 7.29. The van der Waals surface area contributed by atoms with Gasteiger partial charge < -0.3 is 20.5 Å². The number of carbonyl (C=O) groups is 2. The highest BCUT2D eigenvalue weighted by Gasteiger charge is 2.16. The van der Waals surface area contributed by atoms with Crippen LogP contribution in [-0.2, 0) is 4.79 Å². The van der Waals surface area contributed by atoms with Gasteiger partial charge in [-0.2, -0.15) is 0 Å². The fourth-order valence-corrected chi connectivity index (χ4v) is 3.92. The van der Waals surface area contributed by atoms with Gasteiger partial charge in [0.2, 0.25) is 0 Å². The normalized spacial score (nSPS) is 15.0. The molecule has 0 bridgehead atoms. The minimum absolute atomic E-state index is 0.234. The number of H-pyrrole nitrogens is 1. The molecule has 1 saturated heterocycles. The first-order valence-electron chi connectivity index (χ1n) is 10.9. The Morgan fingerprint density at radius 3 is 2.52 bits per heavy atom. The molecular formula is C25H28N4O2. The first kappa shape index (κ1) is 20.9. The zero-order valence-corrected chi connectivity index (χ0v) is 17.6. The third-order valence-electron chi connectivity index (χ3n) is 5.61. The molecule has 0 spiro atoms. The van der Waals surface area contributed by atoms with Crippen LogP contribution < -0.4 is 10.6 Å². The molecule has 160 valence electrons. The second-order valence-electron chi connectivity index (χ2n) is 7.83. The Morgan fingerprint density at radius 2 is 1.71 bits per heavy atom. The minimum Gasteiger partial charge on any atom is -0.361 e. The summed E-state index contributed by atoms with van der Waals surface area (Å²) in [5.41, 5.74) is 2.57. The predicted octanol–water partition coefficient (Wildman–Crippen LogP) is 3.54. The van der Waals surface area contributed by atoms with Gasteiger partial charge in [-0.05, 0) is 50.2 Å². The second-order valence-corrected chi connectivity index (χ2v) is 7.83. The van der Waals surface area contributed by atoms with Gasteiger partial charge in [0.1, 0.15) is 5.70 Å². The molecule has 2 heterocycles. The van der Waals surface area contributed by atoms with Crippen molar-refractivity contribution in [1.29, 1.82) is 0 Å². The number of nitrogens with zero attached hydrogens (tertiary/aromatic N) is 1.